The quantitative estimate of drug-likeness (QED) is 0.493. The second-order valence-corrected chi connectivity index (χ2v) is 9.80. The molecule has 3 aromatic carbocycles. The number of nitrogens with zero attached hydrogens (tertiary/aromatic N) is 1. The Morgan fingerprint density at radius 3 is 2.31 bits per heavy atom. The van der Waals surface area contributed by atoms with Crippen LogP contribution in [0.1, 0.15) is 30.5 Å². The van der Waals surface area contributed by atoms with Crippen LogP contribution in [-0.2, 0) is 21.2 Å². The Bertz CT molecular complexity index is 1160. The van der Waals surface area contributed by atoms with Gasteiger partial charge in [0.05, 0.1) is 10.9 Å². The van der Waals surface area contributed by atoms with Crippen molar-refractivity contribution in [3.8, 4) is 0 Å². The number of carbonyl (C=O) groups is 1. The van der Waals surface area contributed by atoms with Gasteiger partial charge in [0.2, 0.25) is 15.9 Å². The Morgan fingerprint density at radius 1 is 0.969 bits per heavy atom. The number of fused-ring (bicyclic) bond motifs is 1. The molecule has 6 nitrogen and oxygen atoms in total. The zero-order chi connectivity index (χ0) is 23.1. The van der Waals surface area contributed by atoms with E-state index < -0.39 is 10.0 Å². The number of benzene rings is 3. The maximum atomic E-state index is 12.6. The Labute approximate surface area is 190 Å². The van der Waals surface area contributed by atoms with Gasteiger partial charge in [-0.1, -0.05) is 61.5 Å². The van der Waals surface area contributed by atoms with E-state index in [4.69, 9.17) is 0 Å². The first kappa shape index (κ1) is 23.9. The molecule has 170 valence electrons. The summed E-state index contributed by atoms with van der Waals surface area (Å²) < 4.78 is 27.7. The van der Waals surface area contributed by atoms with Gasteiger partial charge in [-0.15, -0.1) is 0 Å². The van der Waals surface area contributed by atoms with Crippen LogP contribution in [0.5, 0.6) is 0 Å². The third-order valence-electron chi connectivity index (χ3n) is 5.56. The van der Waals surface area contributed by atoms with Crippen molar-refractivity contribution in [1.82, 2.24) is 14.9 Å². The fraction of sp³-hybridized carbons (Fsp3) is 0.320. The van der Waals surface area contributed by atoms with Crippen molar-refractivity contribution < 1.29 is 13.2 Å². The summed E-state index contributed by atoms with van der Waals surface area (Å²) in [6.45, 7) is 2.61. The minimum atomic E-state index is -3.68. The summed E-state index contributed by atoms with van der Waals surface area (Å²) in [7, 11) is 0.269. The van der Waals surface area contributed by atoms with E-state index in [0.29, 0.717) is 6.54 Å². The Kier molecular flexibility index (Phi) is 8.01. The highest BCUT2D eigenvalue weighted by Gasteiger charge is 2.17. The molecule has 0 bridgehead atoms. The third kappa shape index (κ3) is 6.16. The van der Waals surface area contributed by atoms with E-state index in [0.717, 1.165) is 22.8 Å². The Hall–Kier alpha value is -2.74. The van der Waals surface area contributed by atoms with Crippen LogP contribution >= 0.6 is 0 Å². The topological polar surface area (TPSA) is 78.5 Å². The molecular formula is C25H31N3O3S. The highest BCUT2D eigenvalue weighted by atomic mass is 32.2. The van der Waals surface area contributed by atoms with Crippen molar-refractivity contribution in [3.05, 3.63) is 77.9 Å². The summed E-state index contributed by atoms with van der Waals surface area (Å²) in [5, 5.41) is 4.76. The van der Waals surface area contributed by atoms with E-state index in [1.165, 1.54) is 5.56 Å². The van der Waals surface area contributed by atoms with E-state index in [1.807, 2.05) is 38.4 Å². The van der Waals surface area contributed by atoms with Crippen molar-refractivity contribution in [2.75, 3.05) is 27.2 Å². The number of hydrogen-bond donors (Lipinski definition) is 2. The maximum Gasteiger partial charge on any atom is 0.240 e. The van der Waals surface area contributed by atoms with Gasteiger partial charge in [0, 0.05) is 19.5 Å². The van der Waals surface area contributed by atoms with E-state index >= 15 is 0 Å². The molecule has 0 fully saturated rings. The number of likely N-dealkylation sites (N-methyl/N-ethyl adjacent to an activating group) is 1. The largest absolute Gasteiger partial charge is 0.354 e. The number of aryl methyl sites for hydroxylation is 1. The summed E-state index contributed by atoms with van der Waals surface area (Å²) >= 11 is 0. The van der Waals surface area contributed by atoms with Crippen molar-refractivity contribution in [2.45, 2.75) is 30.7 Å². The first-order valence-electron chi connectivity index (χ1n) is 10.8. The fourth-order valence-corrected chi connectivity index (χ4v) is 4.66. The number of sulfonamides is 1. The highest BCUT2D eigenvalue weighted by molar-refractivity contribution is 7.89. The zero-order valence-corrected chi connectivity index (χ0v) is 19.7. The fourth-order valence-electron chi connectivity index (χ4n) is 3.59. The number of carbonyl (C=O) groups excluding carboxylic acids is 1. The summed E-state index contributed by atoms with van der Waals surface area (Å²) in [6, 6.07) is 21.0. The summed E-state index contributed by atoms with van der Waals surface area (Å²) in [5.74, 6) is -0.191. The standard InChI is InChI=1S/C25H31N3O3S/c1-4-19-9-11-21(12-10-19)24(28(2)3)18-26-25(29)15-16-27-32(30,31)23-14-13-20-7-5-6-8-22(20)17-23/h5-14,17,24,27H,4,15-16,18H2,1-3H3,(H,26,29). The Morgan fingerprint density at radius 2 is 1.66 bits per heavy atom. The van der Waals surface area contributed by atoms with Gasteiger partial charge in [-0.25, -0.2) is 13.1 Å². The molecule has 3 aromatic rings. The van der Waals surface area contributed by atoms with Gasteiger partial charge in [0.15, 0.2) is 0 Å². The maximum absolute atomic E-state index is 12.6. The Balaban J connectivity index is 1.52. The molecular weight excluding hydrogens is 422 g/mol. The van der Waals surface area contributed by atoms with Crippen LogP contribution in [0, 0.1) is 0 Å². The second-order valence-electron chi connectivity index (χ2n) is 8.04. The molecule has 0 aromatic heterocycles. The van der Waals surface area contributed by atoms with Gasteiger partial charge in [0.25, 0.3) is 0 Å². The van der Waals surface area contributed by atoms with E-state index in [1.54, 1.807) is 18.2 Å². The van der Waals surface area contributed by atoms with Gasteiger partial charge >= 0.3 is 0 Å². The predicted octanol–water partition coefficient (Wildman–Crippen LogP) is 3.49. The van der Waals surface area contributed by atoms with Crippen LogP contribution in [0.15, 0.2) is 71.6 Å². The van der Waals surface area contributed by atoms with Crippen molar-refractivity contribution in [3.63, 3.8) is 0 Å². The number of amides is 1. The van der Waals surface area contributed by atoms with Crippen LogP contribution < -0.4 is 10.0 Å². The zero-order valence-electron chi connectivity index (χ0n) is 18.8. The molecule has 0 spiro atoms. The van der Waals surface area contributed by atoms with E-state index in [2.05, 4.69) is 46.1 Å². The molecule has 1 atom stereocenters. The molecule has 7 heteroatoms. The SMILES string of the molecule is CCc1ccc(C(CNC(=O)CCNS(=O)(=O)c2ccc3ccccc3c2)N(C)C)cc1. The molecule has 0 heterocycles. The molecule has 0 aliphatic rings. The lowest BCUT2D eigenvalue weighted by atomic mass is 10.0. The number of hydrogen-bond acceptors (Lipinski definition) is 4. The molecule has 0 saturated heterocycles. The van der Waals surface area contributed by atoms with Crippen LogP contribution in [-0.4, -0.2) is 46.4 Å². The molecule has 0 saturated carbocycles. The smallest absolute Gasteiger partial charge is 0.240 e. The molecule has 0 radical (unpaired) electrons. The van der Waals surface area contributed by atoms with Crippen LogP contribution in [0.25, 0.3) is 10.8 Å². The average Bonchev–Trinajstić information content (AvgIpc) is 2.79. The van der Waals surface area contributed by atoms with Gasteiger partial charge in [-0.3, -0.25) is 4.79 Å². The lowest BCUT2D eigenvalue weighted by molar-refractivity contribution is -0.121. The molecule has 3 rings (SSSR count). The minimum absolute atomic E-state index is 0.0405. The van der Waals surface area contributed by atoms with Gasteiger partial charge in [-0.2, -0.15) is 0 Å². The van der Waals surface area contributed by atoms with E-state index in [9.17, 15) is 13.2 Å². The third-order valence-corrected chi connectivity index (χ3v) is 7.02. The van der Waals surface area contributed by atoms with Crippen molar-refractivity contribution in [2.24, 2.45) is 0 Å². The molecule has 0 aliphatic heterocycles. The monoisotopic (exact) mass is 453 g/mol. The predicted molar refractivity (Wildman–Crippen MR) is 129 cm³/mol. The molecule has 1 amide bonds. The van der Waals surface area contributed by atoms with Gasteiger partial charge < -0.3 is 10.2 Å². The van der Waals surface area contributed by atoms with Crippen LogP contribution in [0.2, 0.25) is 0 Å². The second kappa shape index (κ2) is 10.7. The first-order valence-corrected chi connectivity index (χ1v) is 12.3. The van der Waals surface area contributed by atoms with Crippen LogP contribution in [0.4, 0.5) is 0 Å². The molecule has 0 aliphatic carbocycles. The van der Waals surface area contributed by atoms with Gasteiger partial charge in [0.1, 0.15) is 0 Å². The highest BCUT2D eigenvalue weighted by Crippen LogP contribution is 2.19. The van der Waals surface area contributed by atoms with Gasteiger partial charge in [-0.05, 0) is 54.5 Å². The summed E-state index contributed by atoms with van der Waals surface area (Å²) in [5.41, 5.74) is 2.40. The van der Waals surface area contributed by atoms with Crippen LogP contribution in [0.3, 0.4) is 0 Å². The summed E-state index contributed by atoms with van der Waals surface area (Å²) in [6.07, 6.45) is 1.06. The average molecular weight is 454 g/mol. The molecule has 32 heavy (non-hydrogen) atoms. The number of rotatable bonds is 10. The molecule has 2 N–H and O–H groups in total. The minimum Gasteiger partial charge on any atom is -0.354 e. The lowest BCUT2D eigenvalue weighted by Gasteiger charge is -2.25. The van der Waals surface area contributed by atoms with E-state index in [-0.39, 0.29) is 29.8 Å². The van der Waals surface area contributed by atoms with Crippen molar-refractivity contribution >= 4 is 26.7 Å². The normalized spacial score (nSPS) is 12.8. The molecule has 1 unspecified atom stereocenters. The first-order chi connectivity index (χ1) is 15.3. The van der Waals surface area contributed by atoms with Crippen molar-refractivity contribution in [1.29, 1.82) is 0 Å². The summed E-state index contributed by atoms with van der Waals surface area (Å²) in [4.78, 5) is 14.6. The number of nitrogens with one attached hydrogen (secondary N) is 2. The lowest BCUT2D eigenvalue weighted by Crippen LogP contribution is -2.36.